The number of amides is 1. The molecule has 0 heterocycles. The zero-order chi connectivity index (χ0) is 19.9. The van der Waals surface area contributed by atoms with Gasteiger partial charge >= 0.3 is 5.97 Å². The van der Waals surface area contributed by atoms with Gasteiger partial charge in [-0.2, -0.15) is 0 Å². The minimum atomic E-state index is -0.338. The summed E-state index contributed by atoms with van der Waals surface area (Å²) in [6, 6.07) is 7.64. The van der Waals surface area contributed by atoms with Crippen LogP contribution in [0, 0.1) is 5.41 Å². The van der Waals surface area contributed by atoms with Gasteiger partial charge in [-0.25, -0.2) is 4.79 Å². The van der Waals surface area contributed by atoms with Gasteiger partial charge in [-0.1, -0.05) is 32.9 Å². The van der Waals surface area contributed by atoms with Crippen molar-refractivity contribution in [3.8, 4) is 5.75 Å². The van der Waals surface area contributed by atoms with E-state index in [4.69, 9.17) is 9.47 Å². The molecule has 1 N–H and O–H groups in total. The second-order valence-corrected chi connectivity index (χ2v) is 7.73. The van der Waals surface area contributed by atoms with E-state index < -0.39 is 0 Å². The van der Waals surface area contributed by atoms with Gasteiger partial charge in [-0.05, 0) is 55.9 Å². The van der Waals surface area contributed by atoms with Crippen molar-refractivity contribution in [3.05, 3.63) is 35.9 Å². The fraction of sp³-hybridized carbons (Fsp3) is 0.545. The number of hydrogen-bond donors (Lipinski definition) is 1. The fourth-order valence-electron chi connectivity index (χ4n) is 2.95. The molecule has 1 saturated carbocycles. The molecule has 0 spiro atoms. The molecule has 0 saturated heterocycles. The molecule has 5 nitrogen and oxygen atoms in total. The molecule has 27 heavy (non-hydrogen) atoms. The second kappa shape index (κ2) is 9.58. The highest BCUT2D eigenvalue weighted by molar-refractivity contribution is 5.87. The molecule has 0 bridgehead atoms. The average Bonchev–Trinajstić information content (AvgIpc) is 2.68. The summed E-state index contributed by atoms with van der Waals surface area (Å²) < 4.78 is 10.6. The van der Waals surface area contributed by atoms with Gasteiger partial charge < -0.3 is 14.8 Å². The van der Waals surface area contributed by atoms with Crippen LogP contribution in [0.4, 0.5) is 0 Å². The fourth-order valence-corrected chi connectivity index (χ4v) is 2.95. The van der Waals surface area contributed by atoms with Gasteiger partial charge in [0.2, 0.25) is 5.91 Å². The van der Waals surface area contributed by atoms with Crippen molar-refractivity contribution in [1.82, 2.24) is 5.32 Å². The number of esters is 1. The van der Waals surface area contributed by atoms with Crippen molar-refractivity contribution in [2.45, 2.75) is 65.0 Å². The highest BCUT2D eigenvalue weighted by Crippen LogP contribution is 2.25. The lowest BCUT2D eigenvalue weighted by Gasteiger charge is -2.31. The first-order valence-electron chi connectivity index (χ1n) is 9.67. The van der Waals surface area contributed by atoms with E-state index in [-0.39, 0.29) is 29.4 Å². The van der Waals surface area contributed by atoms with Crippen LogP contribution in [0.25, 0.3) is 6.08 Å². The van der Waals surface area contributed by atoms with Crippen LogP contribution in [0.3, 0.4) is 0 Å². The number of benzene rings is 1. The molecule has 1 fully saturated rings. The van der Waals surface area contributed by atoms with Gasteiger partial charge in [0, 0.05) is 17.5 Å². The van der Waals surface area contributed by atoms with Crippen LogP contribution >= 0.6 is 0 Å². The Morgan fingerprint density at radius 2 is 1.78 bits per heavy atom. The summed E-state index contributed by atoms with van der Waals surface area (Å²) in [6.45, 7) is 5.95. The molecule has 148 valence electrons. The molecule has 1 aromatic rings. The number of carbonyl (C=O) groups excluding carboxylic acids is 2. The van der Waals surface area contributed by atoms with E-state index in [9.17, 15) is 9.59 Å². The Balaban J connectivity index is 1.75. The normalized spacial score (nSPS) is 20.3. The van der Waals surface area contributed by atoms with Crippen LogP contribution < -0.4 is 10.1 Å². The smallest absolute Gasteiger partial charge is 0.331 e. The first kappa shape index (κ1) is 21.0. The maximum absolute atomic E-state index is 12.3. The maximum atomic E-state index is 12.3. The molecule has 0 aliphatic heterocycles. The number of nitrogens with one attached hydrogen (secondary N) is 1. The van der Waals surface area contributed by atoms with Crippen LogP contribution in [0.2, 0.25) is 0 Å². The predicted octanol–water partition coefficient (Wildman–Crippen LogP) is 4.12. The number of methoxy groups -OCH3 is 1. The lowest BCUT2D eigenvalue weighted by molar-refractivity contribution is -0.145. The highest BCUT2D eigenvalue weighted by atomic mass is 16.5. The molecule has 1 aliphatic rings. The van der Waals surface area contributed by atoms with Gasteiger partial charge in [0.15, 0.2) is 0 Å². The Morgan fingerprint density at radius 1 is 1.15 bits per heavy atom. The third kappa shape index (κ3) is 6.42. The Bertz CT molecular complexity index is 655. The van der Waals surface area contributed by atoms with Crippen molar-refractivity contribution in [2.24, 2.45) is 5.41 Å². The molecular formula is C22H31NO4. The SMILES string of the molecule is CCC(C)(C)C(=O)N[C@H]1CC[C@H](OC(=O)/C=C/c2ccc(OC)cc2)CC1. The minimum absolute atomic E-state index is 0.0784. The average molecular weight is 373 g/mol. The van der Waals surface area contributed by atoms with E-state index in [1.807, 2.05) is 45.0 Å². The Morgan fingerprint density at radius 3 is 2.33 bits per heavy atom. The number of carbonyl (C=O) groups is 2. The minimum Gasteiger partial charge on any atom is -0.497 e. The zero-order valence-corrected chi connectivity index (χ0v) is 16.8. The van der Waals surface area contributed by atoms with Crippen molar-refractivity contribution in [1.29, 1.82) is 0 Å². The topological polar surface area (TPSA) is 64.6 Å². The molecule has 1 aliphatic carbocycles. The van der Waals surface area contributed by atoms with Crippen LogP contribution in [0.15, 0.2) is 30.3 Å². The van der Waals surface area contributed by atoms with E-state index in [1.54, 1.807) is 13.2 Å². The third-order valence-electron chi connectivity index (χ3n) is 5.32. The molecular weight excluding hydrogens is 342 g/mol. The molecule has 0 radical (unpaired) electrons. The Kier molecular flexibility index (Phi) is 7.45. The van der Waals surface area contributed by atoms with Gasteiger partial charge in [-0.15, -0.1) is 0 Å². The van der Waals surface area contributed by atoms with E-state index in [0.29, 0.717) is 0 Å². The number of ether oxygens (including phenoxy) is 2. The molecule has 0 atom stereocenters. The summed E-state index contributed by atoms with van der Waals surface area (Å²) in [5.74, 6) is 0.555. The van der Waals surface area contributed by atoms with Crippen molar-refractivity contribution < 1.29 is 19.1 Å². The van der Waals surface area contributed by atoms with Crippen LogP contribution in [-0.2, 0) is 14.3 Å². The first-order valence-corrected chi connectivity index (χ1v) is 9.67. The Hall–Kier alpha value is -2.30. The Labute approximate surface area is 162 Å². The van der Waals surface area contributed by atoms with Crippen molar-refractivity contribution >= 4 is 18.0 Å². The number of hydrogen-bond acceptors (Lipinski definition) is 4. The quantitative estimate of drug-likeness (QED) is 0.577. The van der Waals surface area contributed by atoms with Crippen LogP contribution in [-0.4, -0.2) is 31.1 Å². The maximum Gasteiger partial charge on any atom is 0.331 e. The first-order chi connectivity index (χ1) is 12.8. The van der Waals surface area contributed by atoms with Gasteiger partial charge in [0.25, 0.3) is 0 Å². The third-order valence-corrected chi connectivity index (χ3v) is 5.32. The molecule has 1 aromatic carbocycles. The van der Waals surface area contributed by atoms with E-state index >= 15 is 0 Å². The van der Waals surface area contributed by atoms with Crippen LogP contribution in [0.5, 0.6) is 5.75 Å². The largest absolute Gasteiger partial charge is 0.497 e. The highest BCUT2D eigenvalue weighted by Gasteiger charge is 2.30. The summed E-state index contributed by atoms with van der Waals surface area (Å²) in [6.07, 6.45) is 7.16. The van der Waals surface area contributed by atoms with E-state index in [0.717, 1.165) is 43.4 Å². The predicted molar refractivity (Wildman–Crippen MR) is 106 cm³/mol. The summed E-state index contributed by atoms with van der Waals surface area (Å²) in [5.41, 5.74) is 0.577. The molecule has 5 heteroatoms. The summed E-state index contributed by atoms with van der Waals surface area (Å²) in [4.78, 5) is 24.3. The van der Waals surface area contributed by atoms with Gasteiger partial charge in [-0.3, -0.25) is 4.79 Å². The standard InChI is InChI=1S/C22H31NO4/c1-5-22(2,3)21(25)23-17-9-13-19(14-10-17)27-20(24)15-8-16-6-11-18(26-4)12-7-16/h6-8,11-12,15,17,19H,5,9-10,13-14H2,1-4H3,(H,23,25)/b15-8+/t17-,19-. The second-order valence-electron chi connectivity index (χ2n) is 7.73. The summed E-state index contributed by atoms with van der Waals surface area (Å²) >= 11 is 0. The molecule has 0 aromatic heterocycles. The zero-order valence-electron chi connectivity index (χ0n) is 16.8. The van der Waals surface area contributed by atoms with Crippen molar-refractivity contribution in [3.63, 3.8) is 0 Å². The summed E-state index contributed by atoms with van der Waals surface area (Å²) in [5, 5.41) is 3.14. The molecule has 1 amide bonds. The van der Waals surface area contributed by atoms with E-state index in [1.165, 1.54) is 6.08 Å². The number of rotatable bonds is 7. The lowest BCUT2D eigenvalue weighted by atomic mass is 9.87. The van der Waals surface area contributed by atoms with Crippen molar-refractivity contribution in [2.75, 3.05) is 7.11 Å². The molecule has 0 unspecified atom stereocenters. The van der Waals surface area contributed by atoms with E-state index in [2.05, 4.69) is 5.32 Å². The van der Waals surface area contributed by atoms with Crippen LogP contribution in [0.1, 0.15) is 58.4 Å². The van der Waals surface area contributed by atoms with Gasteiger partial charge in [0.1, 0.15) is 11.9 Å². The lowest BCUT2D eigenvalue weighted by Crippen LogP contribution is -2.45. The summed E-state index contributed by atoms with van der Waals surface area (Å²) in [7, 11) is 1.62. The molecule has 2 rings (SSSR count). The van der Waals surface area contributed by atoms with Gasteiger partial charge in [0.05, 0.1) is 7.11 Å². The monoisotopic (exact) mass is 373 g/mol.